The molecule has 128 valence electrons. The van der Waals surface area contributed by atoms with Crippen LogP contribution in [0.15, 0.2) is 47.6 Å². The number of para-hydroxylation sites is 1. The first-order valence-corrected chi connectivity index (χ1v) is 10.5. The predicted molar refractivity (Wildman–Crippen MR) is 102 cm³/mol. The molecule has 3 nitrogen and oxygen atoms in total. The number of halogens is 1. The van der Waals surface area contributed by atoms with Crippen molar-refractivity contribution in [3.63, 3.8) is 0 Å². The highest BCUT2D eigenvalue weighted by atomic mass is 79.9. The van der Waals surface area contributed by atoms with Crippen LogP contribution in [0.25, 0.3) is 0 Å². The monoisotopic (exact) mass is 396 g/mol. The van der Waals surface area contributed by atoms with Gasteiger partial charge in [0.25, 0.3) is 0 Å². The third-order valence-electron chi connectivity index (χ3n) is 7.39. The maximum atomic E-state index is 12.9. The van der Waals surface area contributed by atoms with E-state index in [0.717, 1.165) is 18.4 Å². The number of carbonyl (C=O) groups is 1. The summed E-state index contributed by atoms with van der Waals surface area (Å²) in [7, 11) is 0. The number of carbonyl (C=O) groups excluding carboxylic acids is 1. The zero-order valence-electron chi connectivity index (χ0n) is 14.1. The number of alkyl halides is 1. The van der Waals surface area contributed by atoms with Gasteiger partial charge in [0.2, 0.25) is 5.91 Å². The summed E-state index contributed by atoms with van der Waals surface area (Å²) in [6, 6.07) is 9.54. The maximum Gasteiger partial charge on any atom is 0.231 e. The predicted octanol–water partition coefficient (Wildman–Crippen LogP) is 3.40. The van der Waals surface area contributed by atoms with E-state index in [0.29, 0.717) is 18.4 Å². The van der Waals surface area contributed by atoms with Gasteiger partial charge in [-0.2, -0.15) is 0 Å². The number of hydrogen-bond donors (Lipinski definition) is 0. The molecule has 4 heterocycles. The lowest BCUT2D eigenvalue weighted by atomic mass is 9.57. The van der Waals surface area contributed by atoms with Crippen LogP contribution in [0.4, 0.5) is 5.69 Å². The largest absolute Gasteiger partial charge is 0.304 e. The van der Waals surface area contributed by atoms with Crippen molar-refractivity contribution in [1.29, 1.82) is 0 Å². The number of nitrogens with zero attached hydrogens (tertiary/aromatic N) is 2. The SMILES string of the molecule is O=C1CC=C2[C@H]3C[C@H]4N(CC[C@@]45c4ccccc4N1[C@@H]25)C/C3=C\CBr. The van der Waals surface area contributed by atoms with Gasteiger partial charge in [0.15, 0.2) is 0 Å². The van der Waals surface area contributed by atoms with E-state index in [1.165, 1.54) is 29.7 Å². The molecule has 2 bridgehead atoms. The first kappa shape index (κ1) is 14.7. The highest BCUT2D eigenvalue weighted by molar-refractivity contribution is 9.09. The molecule has 4 heteroatoms. The van der Waals surface area contributed by atoms with Gasteiger partial charge >= 0.3 is 0 Å². The number of anilines is 1. The van der Waals surface area contributed by atoms with Gasteiger partial charge < -0.3 is 4.90 Å². The molecule has 3 fully saturated rings. The molecule has 1 aliphatic carbocycles. The fourth-order valence-corrected chi connectivity index (χ4v) is 7.02. The lowest BCUT2D eigenvalue weighted by Crippen LogP contribution is -2.62. The number of benzene rings is 1. The van der Waals surface area contributed by atoms with Crippen molar-refractivity contribution in [2.75, 3.05) is 23.3 Å². The Kier molecular flexibility index (Phi) is 2.87. The van der Waals surface area contributed by atoms with E-state index in [9.17, 15) is 4.79 Å². The van der Waals surface area contributed by atoms with Gasteiger partial charge in [0.1, 0.15) is 0 Å². The maximum absolute atomic E-state index is 12.9. The van der Waals surface area contributed by atoms with Crippen molar-refractivity contribution in [3.8, 4) is 0 Å². The van der Waals surface area contributed by atoms with Crippen molar-refractivity contribution in [1.82, 2.24) is 4.90 Å². The Hall–Kier alpha value is -1.39. The van der Waals surface area contributed by atoms with Crippen LogP contribution in [0, 0.1) is 5.92 Å². The van der Waals surface area contributed by atoms with Crippen molar-refractivity contribution in [2.24, 2.45) is 5.92 Å². The second-order valence-corrected chi connectivity index (χ2v) is 8.74. The van der Waals surface area contributed by atoms with Gasteiger partial charge in [-0.3, -0.25) is 9.69 Å². The number of hydrogen-bond acceptors (Lipinski definition) is 2. The second-order valence-electron chi connectivity index (χ2n) is 8.09. The van der Waals surface area contributed by atoms with Crippen LogP contribution in [0.1, 0.15) is 24.8 Å². The lowest BCUT2D eigenvalue weighted by Gasteiger charge is -2.54. The van der Waals surface area contributed by atoms with Gasteiger partial charge in [-0.05, 0) is 36.6 Å². The molecule has 1 spiro atoms. The summed E-state index contributed by atoms with van der Waals surface area (Å²) < 4.78 is 0. The van der Waals surface area contributed by atoms with Crippen LogP contribution in [0.2, 0.25) is 0 Å². The van der Waals surface area contributed by atoms with Gasteiger partial charge in [0.05, 0.1) is 6.04 Å². The fourth-order valence-electron chi connectivity index (χ4n) is 6.60. The van der Waals surface area contributed by atoms with Crippen molar-refractivity contribution >= 4 is 27.5 Å². The molecular weight excluding hydrogens is 376 g/mol. The minimum absolute atomic E-state index is 0.120. The highest BCUT2D eigenvalue weighted by Crippen LogP contribution is 2.63. The molecule has 4 aliphatic heterocycles. The van der Waals surface area contributed by atoms with Crippen molar-refractivity contribution in [2.45, 2.75) is 36.8 Å². The third-order valence-corrected chi connectivity index (χ3v) is 7.71. The Morgan fingerprint density at radius 1 is 1.32 bits per heavy atom. The molecule has 0 N–H and O–H groups in total. The Labute approximate surface area is 156 Å². The quantitative estimate of drug-likeness (QED) is 0.536. The Morgan fingerprint density at radius 3 is 3.08 bits per heavy atom. The summed E-state index contributed by atoms with van der Waals surface area (Å²) >= 11 is 3.60. The lowest BCUT2D eigenvalue weighted by molar-refractivity contribution is -0.118. The Morgan fingerprint density at radius 2 is 2.20 bits per heavy atom. The summed E-state index contributed by atoms with van der Waals surface area (Å²) in [5.41, 5.74) is 5.82. The summed E-state index contributed by atoms with van der Waals surface area (Å²) in [5.74, 6) is 0.808. The molecule has 1 aromatic carbocycles. The van der Waals surface area contributed by atoms with Crippen LogP contribution < -0.4 is 4.90 Å². The zero-order chi connectivity index (χ0) is 16.8. The molecule has 0 unspecified atom stereocenters. The number of rotatable bonds is 1. The summed E-state index contributed by atoms with van der Waals surface area (Å²) in [6.07, 6.45) is 7.61. The highest BCUT2D eigenvalue weighted by Gasteiger charge is 2.67. The van der Waals surface area contributed by atoms with Crippen LogP contribution in [-0.4, -0.2) is 41.3 Å². The van der Waals surface area contributed by atoms with Crippen molar-refractivity contribution < 1.29 is 4.79 Å². The molecule has 0 aromatic heterocycles. The molecule has 4 atom stereocenters. The average Bonchev–Trinajstić information content (AvgIpc) is 3.17. The van der Waals surface area contributed by atoms with E-state index in [-0.39, 0.29) is 17.4 Å². The zero-order valence-corrected chi connectivity index (χ0v) is 15.7. The van der Waals surface area contributed by atoms with Gasteiger partial charge in [-0.15, -0.1) is 0 Å². The number of fused-ring (bicyclic) bond motifs is 4. The van der Waals surface area contributed by atoms with Crippen LogP contribution in [-0.2, 0) is 10.2 Å². The first-order chi connectivity index (χ1) is 12.3. The van der Waals surface area contributed by atoms with Crippen LogP contribution >= 0.6 is 15.9 Å². The summed E-state index contributed by atoms with van der Waals surface area (Å²) in [4.78, 5) is 17.8. The first-order valence-electron chi connectivity index (χ1n) is 9.36. The standard InChI is InChI=1S/C21H21BrN2O/c22-9-7-13-12-23-10-8-21-16-3-1-2-4-17(16)24-19(25)6-5-14(20(21)24)15(13)11-18(21)23/h1-5,7,15,18,20H,6,8-12H2/b13-7+/t15-,18+,20-,21+/m0/s1. The van der Waals surface area contributed by atoms with Gasteiger partial charge in [-0.1, -0.05) is 51.9 Å². The summed E-state index contributed by atoms with van der Waals surface area (Å²) in [5, 5.41) is 0.920. The molecule has 6 rings (SSSR count). The van der Waals surface area contributed by atoms with E-state index in [4.69, 9.17) is 0 Å². The molecule has 5 aliphatic rings. The molecular formula is C21H21BrN2O. The Balaban J connectivity index is 1.64. The van der Waals surface area contributed by atoms with Crippen molar-refractivity contribution in [3.05, 3.63) is 53.1 Å². The minimum Gasteiger partial charge on any atom is -0.304 e. The number of piperidine rings is 1. The molecule has 0 radical (unpaired) electrons. The van der Waals surface area contributed by atoms with Crippen LogP contribution in [0.3, 0.4) is 0 Å². The van der Waals surface area contributed by atoms with E-state index in [1.807, 2.05) is 0 Å². The van der Waals surface area contributed by atoms with Gasteiger partial charge in [-0.25, -0.2) is 0 Å². The normalized spacial score (nSPS) is 39.5. The molecule has 1 amide bonds. The third kappa shape index (κ3) is 1.59. The average molecular weight is 397 g/mol. The number of amides is 1. The fraction of sp³-hybridized carbons (Fsp3) is 0.476. The molecule has 2 saturated heterocycles. The smallest absolute Gasteiger partial charge is 0.231 e. The van der Waals surface area contributed by atoms with E-state index in [1.54, 1.807) is 5.57 Å². The molecule has 1 aromatic rings. The topological polar surface area (TPSA) is 23.6 Å². The number of allylic oxidation sites excluding steroid dienone is 1. The second kappa shape index (κ2) is 4.86. The van der Waals surface area contributed by atoms with E-state index in [2.05, 4.69) is 62.1 Å². The summed E-state index contributed by atoms with van der Waals surface area (Å²) in [6.45, 7) is 2.25. The van der Waals surface area contributed by atoms with E-state index >= 15 is 0 Å². The minimum atomic E-state index is 0.120. The van der Waals surface area contributed by atoms with Crippen LogP contribution in [0.5, 0.6) is 0 Å². The Bertz CT molecular complexity index is 859. The molecule has 25 heavy (non-hydrogen) atoms. The van der Waals surface area contributed by atoms with Gasteiger partial charge in [0, 0.05) is 41.4 Å². The molecule has 1 saturated carbocycles. The van der Waals surface area contributed by atoms with E-state index < -0.39 is 0 Å².